The number of benzene rings is 3. The Kier molecular flexibility index (Phi) is 6.87. The lowest BCUT2D eigenvalue weighted by atomic mass is 10.1. The standard InChI is InChI=1S/C24H28N2O4S/c27-13-14-30-23-9-3-5-19(15-23)17-26-12-4-8-22(18-26)25-31(28,29)24-11-10-20-6-1-2-7-21(20)16-24/h1-3,5-7,9-11,15-16,22,25,27H,4,8,12-14,17-18H2/t22-/m1/s1. The molecule has 1 heterocycles. The van der Waals surface area contributed by atoms with Crippen molar-refractivity contribution in [3.05, 3.63) is 72.3 Å². The summed E-state index contributed by atoms with van der Waals surface area (Å²) in [5.74, 6) is 0.733. The van der Waals surface area contributed by atoms with Crippen molar-refractivity contribution in [3.63, 3.8) is 0 Å². The summed E-state index contributed by atoms with van der Waals surface area (Å²) in [6.45, 7) is 2.57. The number of nitrogens with zero attached hydrogens (tertiary/aromatic N) is 1. The summed E-state index contributed by atoms with van der Waals surface area (Å²) in [6.07, 6.45) is 1.76. The summed E-state index contributed by atoms with van der Waals surface area (Å²) in [6, 6.07) is 20.7. The third-order valence-electron chi connectivity index (χ3n) is 5.52. The first-order valence-corrected chi connectivity index (χ1v) is 12.1. The molecule has 3 aromatic rings. The number of aliphatic hydroxyl groups excluding tert-OH is 1. The second kappa shape index (κ2) is 9.78. The second-order valence-electron chi connectivity index (χ2n) is 7.92. The Morgan fingerprint density at radius 3 is 2.71 bits per heavy atom. The lowest BCUT2D eigenvalue weighted by molar-refractivity contribution is 0.192. The number of ether oxygens (including phenoxy) is 1. The topological polar surface area (TPSA) is 78.9 Å². The number of likely N-dealkylation sites (tertiary alicyclic amines) is 1. The van der Waals surface area contributed by atoms with Crippen LogP contribution in [0.1, 0.15) is 18.4 Å². The number of aliphatic hydroxyl groups is 1. The molecule has 7 heteroatoms. The molecule has 0 bridgehead atoms. The normalized spacial score (nSPS) is 17.6. The van der Waals surface area contributed by atoms with Gasteiger partial charge in [0.15, 0.2) is 0 Å². The summed E-state index contributed by atoms with van der Waals surface area (Å²) >= 11 is 0. The van der Waals surface area contributed by atoms with Crippen LogP contribution in [-0.4, -0.2) is 50.8 Å². The van der Waals surface area contributed by atoms with Gasteiger partial charge in [0, 0.05) is 19.1 Å². The van der Waals surface area contributed by atoms with E-state index in [1.54, 1.807) is 12.1 Å². The Balaban J connectivity index is 1.41. The Morgan fingerprint density at radius 1 is 1.03 bits per heavy atom. The summed E-state index contributed by atoms with van der Waals surface area (Å²) < 4.78 is 34.4. The lowest BCUT2D eigenvalue weighted by Crippen LogP contribution is -2.47. The molecule has 6 nitrogen and oxygen atoms in total. The van der Waals surface area contributed by atoms with Crippen molar-refractivity contribution in [2.75, 3.05) is 26.3 Å². The van der Waals surface area contributed by atoms with E-state index in [2.05, 4.69) is 9.62 Å². The molecule has 0 unspecified atom stereocenters. The molecule has 1 saturated heterocycles. The monoisotopic (exact) mass is 440 g/mol. The molecule has 2 N–H and O–H groups in total. The van der Waals surface area contributed by atoms with Crippen molar-refractivity contribution in [2.45, 2.75) is 30.3 Å². The van der Waals surface area contributed by atoms with E-state index in [0.29, 0.717) is 11.4 Å². The van der Waals surface area contributed by atoms with Crippen LogP contribution in [0.2, 0.25) is 0 Å². The maximum atomic E-state index is 13.0. The van der Waals surface area contributed by atoms with Crippen molar-refractivity contribution < 1.29 is 18.3 Å². The molecule has 0 radical (unpaired) electrons. The molecule has 0 aromatic heterocycles. The molecule has 31 heavy (non-hydrogen) atoms. The van der Waals surface area contributed by atoms with Gasteiger partial charge < -0.3 is 9.84 Å². The third-order valence-corrected chi connectivity index (χ3v) is 7.04. The molecule has 4 rings (SSSR count). The Hall–Kier alpha value is -2.45. The predicted octanol–water partition coefficient (Wildman–Crippen LogP) is 3.15. The zero-order valence-electron chi connectivity index (χ0n) is 17.4. The van der Waals surface area contributed by atoms with E-state index in [0.717, 1.165) is 48.0 Å². The molecule has 0 spiro atoms. The third kappa shape index (κ3) is 5.62. The van der Waals surface area contributed by atoms with Crippen LogP contribution < -0.4 is 9.46 Å². The fraction of sp³-hybridized carbons (Fsp3) is 0.333. The van der Waals surface area contributed by atoms with Gasteiger partial charge in [0.2, 0.25) is 10.0 Å². The molecule has 0 amide bonds. The van der Waals surface area contributed by atoms with Crippen LogP contribution in [0.5, 0.6) is 5.75 Å². The summed E-state index contributed by atoms with van der Waals surface area (Å²) in [7, 11) is -3.58. The van der Waals surface area contributed by atoms with E-state index >= 15 is 0 Å². The molecule has 1 atom stereocenters. The van der Waals surface area contributed by atoms with E-state index in [9.17, 15) is 8.42 Å². The average molecular weight is 441 g/mol. The quantitative estimate of drug-likeness (QED) is 0.563. The highest BCUT2D eigenvalue weighted by atomic mass is 32.2. The maximum Gasteiger partial charge on any atom is 0.240 e. The molecule has 0 aliphatic carbocycles. The number of rotatable bonds is 8. The van der Waals surface area contributed by atoms with Crippen LogP contribution in [0.15, 0.2) is 71.6 Å². The minimum absolute atomic E-state index is 0.0185. The largest absolute Gasteiger partial charge is 0.491 e. The minimum Gasteiger partial charge on any atom is -0.491 e. The number of fused-ring (bicyclic) bond motifs is 1. The number of hydrogen-bond acceptors (Lipinski definition) is 5. The van der Waals surface area contributed by atoms with Gasteiger partial charge in [-0.05, 0) is 60.0 Å². The van der Waals surface area contributed by atoms with Gasteiger partial charge in [-0.2, -0.15) is 0 Å². The fourth-order valence-electron chi connectivity index (χ4n) is 4.07. The van der Waals surface area contributed by atoms with Gasteiger partial charge in [-0.1, -0.05) is 42.5 Å². The smallest absolute Gasteiger partial charge is 0.240 e. The first-order chi connectivity index (χ1) is 15.0. The van der Waals surface area contributed by atoms with Crippen LogP contribution in [0.25, 0.3) is 10.8 Å². The van der Waals surface area contributed by atoms with Crippen LogP contribution in [0, 0.1) is 0 Å². The molecular formula is C24H28N2O4S. The van der Waals surface area contributed by atoms with Gasteiger partial charge in [0.1, 0.15) is 12.4 Å². The van der Waals surface area contributed by atoms with Crippen molar-refractivity contribution in [1.29, 1.82) is 0 Å². The van der Waals surface area contributed by atoms with Crippen molar-refractivity contribution >= 4 is 20.8 Å². The van der Waals surface area contributed by atoms with Gasteiger partial charge in [-0.3, -0.25) is 4.90 Å². The van der Waals surface area contributed by atoms with E-state index in [4.69, 9.17) is 9.84 Å². The van der Waals surface area contributed by atoms with Crippen molar-refractivity contribution in [1.82, 2.24) is 9.62 Å². The summed E-state index contributed by atoms with van der Waals surface area (Å²) in [5.41, 5.74) is 1.11. The lowest BCUT2D eigenvalue weighted by Gasteiger charge is -2.33. The molecule has 164 valence electrons. The van der Waals surface area contributed by atoms with Crippen LogP contribution >= 0.6 is 0 Å². The number of hydrogen-bond donors (Lipinski definition) is 2. The molecule has 1 aliphatic rings. The molecule has 1 fully saturated rings. The SMILES string of the molecule is O=S(=O)(N[C@@H]1CCCN(Cc2cccc(OCCO)c2)C1)c1ccc2ccccc2c1. The molecule has 1 aliphatic heterocycles. The zero-order chi connectivity index (χ0) is 21.7. The van der Waals surface area contributed by atoms with E-state index in [1.807, 2.05) is 54.6 Å². The van der Waals surface area contributed by atoms with Crippen molar-refractivity contribution in [2.24, 2.45) is 0 Å². The first-order valence-electron chi connectivity index (χ1n) is 10.6. The first kappa shape index (κ1) is 21.8. The number of nitrogens with one attached hydrogen (secondary N) is 1. The van der Waals surface area contributed by atoms with Crippen LogP contribution in [-0.2, 0) is 16.6 Å². The highest BCUT2D eigenvalue weighted by Crippen LogP contribution is 2.21. The molecule has 0 saturated carbocycles. The van der Waals surface area contributed by atoms with Crippen molar-refractivity contribution in [3.8, 4) is 5.75 Å². The van der Waals surface area contributed by atoms with Gasteiger partial charge in [0.25, 0.3) is 0 Å². The Labute approximate surface area is 183 Å². The average Bonchev–Trinajstić information content (AvgIpc) is 2.77. The van der Waals surface area contributed by atoms with E-state index < -0.39 is 10.0 Å². The summed E-state index contributed by atoms with van der Waals surface area (Å²) in [5, 5.41) is 10.9. The van der Waals surface area contributed by atoms with E-state index in [-0.39, 0.29) is 19.3 Å². The maximum absolute atomic E-state index is 13.0. The Bertz CT molecular complexity index is 1130. The van der Waals surface area contributed by atoms with Gasteiger partial charge in [0.05, 0.1) is 11.5 Å². The highest BCUT2D eigenvalue weighted by Gasteiger charge is 2.25. The molecular weight excluding hydrogens is 412 g/mol. The van der Waals surface area contributed by atoms with Crippen LogP contribution in [0.4, 0.5) is 0 Å². The highest BCUT2D eigenvalue weighted by molar-refractivity contribution is 7.89. The number of sulfonamides is 1. The van der Waals surface area contributed by atoms with Gasteiger partial charge in [-0.25, -0.2) is 13.1 Å². The second-order valence-corrected chi connectivity index (χ2v) is 9.64. The Morgan fingerprint density at radius 2 is 1.87 bits per heavy atom. The molecule has 3 aromatic carbocycles. The summed E-state index contributed by atoms with van der Waals surface area (Å²) in [4.78, 5) is 2.57. The van der Waals surface area contributed by atoms with Gasteiger partial charge >= 0.3 is 0 Å². The fourth-order valence-corrected chi connectivity index (χ4v) is 5.37. The van der Waals surface area contributed by atoms with Crippen LogP contribution in [0.3, 0.4) is 0 Å². The number of piperidine rings is 1. The zero-order valence-corrected chi connectivity index (χ0v) is 18.2. The van der Waals surface area contributed by atoms with E-state index in [1.165, 1.54) is 0 Å². The van der Waals surface area contributed by atoms with Gasteiger partial charge in [-0.15, -0.1) is 0 Å². The predicted molar refractivity (Wildman–Crippen MR) is 122 cm³/mol. The minimum atomic E-state index is -3.58.